The van der Waals surface area contributed by atoms with E-state index in [-0.39, 0.29) is 17.2 Å². The molecule has 2 amide bonds. The van der Waals surface area contributed by atoms with Gasteiger partial charge in [0.15, 0.2) is 0 Å². The first-order chi connectivity index (χ1) is 16.0. The summed E-state index contributed by atoms with van der Waals surface area (Å²) in [6, 6.07) is 7.54. The molecule has 1 aromatic carbocycles. The summed E-state index contributed by atoms with van der Waals surface area (Å²) in [4.78, 5) is 30.3. The van der Waals surface area contributed by atoms with Gasteiger partial charge in [-0.05, 0) is 75.1 Å². The van der Waals surface area contributed by atoms with Crippen LogP contribution in [-0.2, 0) is 4.79 Å². The van der Waals surface area contributed by atoms with Gasteiger partial charge >= 0.3 is 0 Å². The molecular weight excluding hydrogens is 414 g/mol. The lowest BCUT2D eigenvalue weighted by Gasteiger charge is -2.43. The maximum Gasteiger partial charge on any atom is 0.255 e. The first-order valence-corrected chi connectivity index (χ1v) is 13.0. The smallest absolute Gasteiger partial charge is 0.255 e. The third-order valence-corrected chi connectivity index (χ3v) is 8.03. The van der Waals surface area contributed by atoms with Gasteiger partial charge in [0.1, 0.15) is 5.75 Å². The molecule has 0 aromatic heterocycles. The predicted molar refractivity (Wildman–Crippen MR) is 130 cm³/mol. The minimum Gasteiger partial charge on any atom is -0.493 e. The van der Waals surface area contributed by atoms with Crippen molar-refractivity contribution in [3.05, 3.63) is 29.8 Å². The van der Waals surface area contributed by atoms with Crippen LogP contribution in [0.2, 0.25) is 0 Å². The molecule has 1 spiro atoms. The van der Waals surface area contributed by atoms with Crippen LogP contribution >= 0.6 is 0 Å². The van der Waals surface area contributed by atoms with Gasteiger partial charge in [0.25, 0.3) is 5.91 Å². The average molecular weight is 456 g/mol. The van der Waals surface area contributed by atoms with E-state index in [1.807, 2.05) is 24.3 Å². The lowest BCUT2D eigenvalue weighted by molar-refractivity contribution is -0.135. The van der Waals surface area contributed by atoms with Gasteiger partial charge in [0, 0.05) is 19.6 Å². The molecule has 3 heterocycles. The van der Waals surface area contributed by atoms with Crippen molar-refractivity contribution in [3.8, 4) is 5.75 Å². The second-order valence-corrected chi connectivity index (χ2v) is 10.5. The summed E-state index contributed by atoms with van der Waals surface area (Å²) in [6.07, 6.45) is 9.97. The number of rotatable bonds is 2. The van der Waals surface area contributed by atoms with Crippen molar-refractivity contribution >= 4 is 11.8 Å². The fourth-order valence-electron chi connectivity index (χ4n) is 5.54. The lowest BCUT2D eigenvalue weighted by atomic mass is 9.74. The van der Waals surface area contributed by atoms with E-state index in [0.29, 0.717) is 31.0 Å². The normalized spacial score (nSPS) is 23.4. The highest BCUT2D eigenvalue weighted by atomic mass is 16.5. The standard InChI is InChI=1S/C27H41N3O3/c1-22-10-15-29(16-11-22)20-25(31)30-17-13-27(14-18-30)12-6-2-3-7-19-33-24-9-5-4-8-23(24)26(32)28-21-27/h4-5,8-9,22H,2-3,6-7,10-21H2,1H3,(H,28,32). The predicted octanol–water partition coefficient (Wildman–Crippen LogP) is 4.10. The Labute approximate surface area is 199 Å². The molecule has 33 heavy (non-hydrogen) atoms. The molecule has 2 saturated heterocycles. The van der Waals surface area contributed by atoms with E-state index in [0.717, 1.165) is 64.2 Å². The van der Waals surface area contributed by atoms with E-state index in [1.54, 1.807) is 0 Å². The number of likely N-dealkylation sites (tertiary alicyclic amines) is 2. The molecule has 1 N–H and O–H groups in total. The summed E-state index contributed by atoms with van der Waals surface area (Å²) < 4.78 is 5.91. The van der Waals surface area contributed by atoms with Gasteiger partial charge in [-0.3, -0.25) is 14.5 Å². The number of carbonyl (C=O) groups excluding carboxylic acids is 2. The second kappa shape index (κ2) is 11.4. The molecule has 0 aliphatic carbocycles. The summed E-state index contributed by atoms with van der Waals surface area (Å²) in [5, 5.41) is 3.22. The van der Waals surface area contributed by atoms with E-state index in [9.17, 15) is 9.59 Å². The highest BCUT2D eigenvalue weighted by molar-refractivity contribution is 5.96. The van der Waals surface area contributed by atoms with Crippen LogP contribution in [-0.4, -0.2) is 67.5 Å². The summed E-state index contributed by atoms with van der Waals surface area (Å²) in [7, 11) is 0. The summed E-state index contributed by atoms with van der Waals surface area (Å²) in [6.45, 7) is 7.89. The SMILES string of the molecule is CC1CCN(CC(=O)N2CCC3(CCCCCCOc4ccccc4C(=O)NC3)CC2)CC1. The zero-order valence-electron chi connectivity index (χ0n) is 20.3. The average Bonchev–Trinajstić information content (AvgIpc) is 2.85. The number of hydrogen-bond donors (Lipinski definition) is 1. The highest BCUT2D eigenvalue weighted by Gasteiger charge is 2.36. The third kappa shape index (κ3) is 6.50. The van der Waals surface area contributed by atoms with Crippen LogP contribution in [0.3, 0.4) is 0 Å². The van der Waals surface area contributed by atoms with Gasteiger partial charge in [-0.2, -0.15) is 0 Å². The Hall–Kier alpha value is -2.08. The highest BCUT2D eigenvalue weighted by Crippen LogP contribution is 2.37. The van der Waals surface area contributed by atoms with Crippen molar-refractivity contribution in [2.24, 2.45) is 11.3 Å². The molecule has 0 bridgehead atoms. The van der Waals surface area contributed by atoms with Crippen LogP contribution in [0.25, 0.3) is 0 Å². The summed E-state index contributed by atoms with van der Waals surface area (Å²) in [5.41, 5.74) is 0.701. The maximum absolute atomic E-state index is 13.0. The van der Waals surface area contributed by atoms with E-state index in [1.165, 1.54) is 25.7 Å². The van der Waals surface area contributed by atoms with Crippen LogP contribution in [0, 0.1) is 11.3 Å². The number of ether oxygens (including phenoxy) is 1. The fraction of sp³-hybridized carbons (Fsp3) is 0.704. The number of para-hydroxylation sites is 1. The molecule has 6 heteroatoms. The van der Waals surface area contributed by atoms with E-state index in [4.69, 9.17) is 4.74 Å². The zero-order valence-corrected chi connectivity index (χ0v) is 20.3. The topological polar surface area (TPSA) is 61.9 Å². The maximum atomic E-state index is 13.0. The number of benzene rings is 1. The van der Waals surface area contributed by atoms with E-state index >= 15 is 0 Å². The van der Waals surface area contributed by atoms with Crippen molar-refractivity contribution in [2.75, 3.05) is 45.9 Å². The van der Waals surface area contributed by atoms with Gasteiger partial charge in [-0.15, -0.1) is 0 Å². The molecular formula is C27H41N3O3. The molecule has 3 aliphatic heterocycles. The largest absolute Gasteiger partial charge is 0.493 e. The van der Waals surface area contributed by atoms with Crippen molar-refractivity contribution in [2.45, 2.75) is 64.7 Å². The van der Waals surface area contributed by atoms with E-state index < -0.39 is 0 Å². The molecule has 0 atom stereocenters. The van der Waals surface area contributed by atoms with Crippen LogP contribution in [0.1, 0.15) is 75.1 Å². The Bertz CT molecular complexity index is 796. The molecule has 1 aromatic rings. The first kappa shape index (κ1) is 24.1. The second-order valence-electron chi connectivity index (χ2n) is 10.5. The summed E-state index contributed by atoms with van der Waals surface area (Å²) in [5.74, 6) is 1.68. The van der Waals surface area contributed by atoms with Crippen LogP contribution < -0.4 is 10.1 Å². The van der Waals surface area contributed by atoms with Crippen molar-refractivity contribution < 1.29 is 14.3 Å². The van der Waals surface area contributed by atoms with Gasteiger partial charge in [-0.1, -0.05) is 38.3 Å². The quantitative estimate of drug-likeness (QED) is 0.729. The Morgan fingerprint density at radius 2 is 1.76 bits per heavy atom. The van der Waals surface area contributed by atoms with Crippen LogP contribution in [0.15, 0.2) is 24.3 Å². The van der Waals surface area contributed by atoms with Crippen molar-refractivity contribution in [1.82, 2.24) is 15.1 Å². The lowest BCUT2D eigenvalue weighted by Crippen LogP contribution is -2.50. The minimum absolute atomic E-state index is 0.0537. The number of nitrogens with one attached hydrogen (secondary N) is 1. The Morgan fingerprint density at radius 1 is 1.03 bits per heavy atom. The molecule has 0 unspecified atom stereocenters. The first-order valence-electron chi connectivity index (χ1n) is 13.0. The molecule has 182 valence electrons. The Balaban J connectivity index is 1.36. The number of amides is 2. The Morgan fingerprint density at radius 3 is 2.55 bits per heavy atom. The van der Waals surface area contributed by atoms with Gasteiger partial charge < -0.3 is 15.0 Å². The van der Waals surface area contributed by atoms with Crippen LogP contribution in [0.4, 0.5) is 0 Å². The number of fused-ring (bicyclic) bond motifs is 1. The number of hydrogen-bond acceptors (Lipinski definition) is 4. The Kier molecular flexibility index (Phi) is 8.29. The molecule has 0 radical (unpaired) electrons. The third-order valence-electron chi connectivity index (χ3n) is 8.03. The van der Waals surface area contributed by atoms with Gasteiger partial charge in [0.05, 0.1) is 18.7 Å². The van der Waals surface area contributed by atoms with Crippen molar-refractivity contribution in [3.63, 3.8) is 0 Å². The van der Waals surface area contributed by atoms with E-state index in [2.05, 4.69) is 22.0 Å². The zero-order chi connectivity index (χ0) is 23.1. The van der Waals surface area contributed by atoms with Gasteiger partial charge in [-0.25, -0.2) is 0 Å². The summed E-state index contributed by atoms with van der Waals surface area (Å²) >= 11 is 0. The fourth-order valence-corrected chi connectivity index (χ4v) is 5.54. The number of carbonyl (C=O) groups is 2. The molecule has 3 aliphatic rings. The molecule has 6 nitrogen and oxygen atoms in total. The van der Waals surface area contributed by atoms with Crippen molar-refractivity contribution in [1.29, 1.82) is 0 Å². The molecule has 4 rings (SSSR count). The number of nitrogens with zero attached hydrogens (tertiary/aromatic N) is 2. The minimum atomic E-state index is -0.0537. The monoisotopic (exact) mass is 455 g/mol. The number of piperidine rings is 2. The van der Waals surface area contributed by atoms with Crippen LogP contribution in [0.5, 0.6) is 5.75 Å². The molecule has 0 saturated carbocycles. The van der Waals surface area contributed by atoms with Gasteiger partial charge in [0.2, 0.25) is 5.91 Å². The molecule has 2 fully saturated rings.